The van der Waals surface area contributed by atoms with Gasteiger partial charge in [-0.05, 0) is 19.0 Å². The highest BCUT2D eigenvalue weighted by molar-refractivity contribution is 6.30. The summed E-state index contributed by atoms with van der Waals surface area (Å²) >= 11 is 5.56. The van der Waals surface area contributed by atoms with E-state index >= 15 is 0 Å². The van der Waals surface area contributed by atoms with E-state index in [0.29, 0.717) is 5.02 Å². The zero-order valence-electron chi connectivity index (χ0n) is 8.11. The summed E-state index contributed by atoms with van der Waals surface area (Å²) in [7, 11) is 0. The minimum Gasteiger partial charge on any atom is -0.0843 e. The van der Waals surface area contributed by atoms with Crippen LogP contribution >= 0.6 is 11.6 Å². The molecule has 1 rings (SSSR count). The predicted molar refractivity (Wildman–Crippen MR) is 36.2 cm³/mol. The Labute approximate surface area is 59.7 Å². The van der Waals surface area contributed by atoms with Gasteiger partial charge in [0.05, 0.1) is 1.37 Å². The van der Waals surface area contributed by atoms with Crippen molar-refractivity contribution in [2.45, 2.75) is 6.85 Å². The Bertz CT molecular complexity index is 292. The summed E-state index contributed by atoms with van der Waals surface area (Å²) in [5.41, 5.74) is 0.0342. The molecule has 1 aromatic carbocycles. The van der Waals surface area contributed by atoms with E-state index in [-0.39, 0.29) is 11.6 Å². The molecule has 0 N–H and O–H groups in total. The Morgan fingerprint density at radius 2 is 2.50 bits per heavy atom. The molecule has 0 aliphatic rings. The Balaban J connectivity index is 3.19. The molecule has 0 radical (unpaired) electrons. The Hall–Kier alpha value is -0.490. The minimum atomic E-state index is -2.22. The van der Waals surface area contributed by atoms with Gasteiger partial charge in [-0.3, -0.25) is 0 Å². The van der Waals surface area contributed by atoms with E-state index in [1.807, 2.05) is 0 Å². The largest absolute Gasteiger partial charge is 0.0843 e. The molecule has 0 saturated carbocycles. The highest BCUT2D eigenvalue weighted by atomic mass is 35.5. The molecule has 8 heavy (non-hydrogen) atoms. The molecule has 0 unspecified atom stereocenters. The van der Waals surface area contributed by atoms with Crippen molar-refractivity contribution in [2.75, 3.05) is 0 Å². The number of aryl methyl sites for hydroxylation is 1. The molecule has 0 aliphatic heterocycles. The van der Waals surface area contributed by atoms with Crippen molar-refractivity contribution in [1.29, 1.82) is 0 Å². The second-order valence-electron chi connectivity index (χ2n) is 1.42. The molecule has 0 amide bonds. The molecule has 0 aliphatic carbocycles. The van der Waals surface area contributed by atoms with E-state index in [1.54, 1.807) is 0 Å². The predicted octanol–water partition coefficient (Wildman–Crippen LogP) is 2.65. The Kier molecular flexibility index (Phi) is 0.656. The topological polar surface area (TPSA) is 0 Å². The second-order valence-corrected chi connectivity index (χ2v) is 1.86. The molecule has 1 aromatic rings. The molecule has 0 aromatic heterocycles. The first-order chi connectivity index (χ1) is 5.41. The molecular formula is C7H7Cl. The SMILES string of the molecule is [2H]c1cc(Cl)ccc1C([2H])([2H])[2H]. The quantitative estimate of drug-likeness (QED) is 0.507. The lowest BCUT2D eigenvalue weighted by atomic mass is 10.2. The monoisotopic (exact) mass is 130 g/mol. The maximum Gasteiger partial charge on any atom is 0.0626 e. The fourth-order valence-electron chi connectivity index (χ4n) is 0.406. The van der Waals surface area contributed by atoms with Crippen molar-refractivity contribution < 1.29 is 5.48 Å². The number of hydrogen-bond donors (Lipinski definition) is 0. The van der Waals surface area contributed by atoms with Gasteiger partial charge >= 0.3 is 0 Å². The van der Waals surface area contributed by atoms with Crippen molar-refractivity contribution in [1.82, 2.24) is 0 Å². The molecular weight excluding hydrogens is 120 g/mol. The first-order valence-electron chi connectivity index (χ1n) is 4.18. The number of halogens is 1. The summed E-state index contributed by atoms with van der Waals surface area (Å²) < 4.78 is 28.5. The molecule has 1 heteroatoms. The van der Waals surface area contributed by atoms with Crippen molar-refractivity contribution in [3.63, 3.8) is 0 Å². The summed E-state index contributed by atoms with van der Waals surface area (Å²) in [6.07, 6.45) is 0. The molecule has 0 bridgehead atoms. The van der Waals surface area contributed by atoms with E-state index in [4.69, 9.17) is 17.1 Å². The maximum atomic E-state index is 7.32. The number of rotatable bonds is 0. The van der Waals surface area contributed by atoms with Gasteiger partial charge in [-0.1, -0.05) is 29.3 Å². The van der Waals surface area contributed by atoms with Gasteiger partial charge in [0.2, 0.25) is 0 Å². The molecule has 0 fully saturated rings. The van der Waals surface area contributed by atoms with Crippen LogP contribution < -0.4 is 0 Å². The third-order valence-electron chi connectivity index (χ3n) is 0.775. The number of hydrogen-bond acceptors (Lipinski definition) is 0. The van der Waals surface area contributed by atoms with E-state index in [2.05, 4.69) is 0 Å². The van der Waals surface area contributed by atoms with Crippen molar-refractivity contribution in [3.05, 3.63) is 34.8 Å². The summed E-state index contributed by atoms with van der Waals surface area (Å²) in [5, 5.41) is 0.382. The standard InChI is InChI=1S/C7H7Cl/c1-6-2-4-7(8)5-3-6/h2-5H,1H3/i1D3,2D. The average Bonchev–Trinajstić information content (AvgIpc) is 1.83. The van der Waals surface area contributed by atoms with Gasteiger partial charge in [0.15, 0.2) is 0 Å². The average molecular weight is 131 g/mol. The minimum absolute atomic E-state index is 0.0342. The smallest absolute Gasteiger partial charge is 0.0626 e. The van der Waals surface area contributed by atoms with Crippen molar-refractivity contribution in [2.24, 2.45) is 0 Å². The third kappa shape index (κ3) is 1.24. The fraction of sp³-hybridized carbons (Fsp3) is 0.143. The second kappa shape index (κ2) is 2.19. The highest BCUT2D eigenvalue weighted by Crippen LogP contribution is 2.07. The Morgan fingerprint density at radius 1 is 1.62 bits per heavy atom. The van der Waals surface area contributed by atoms with Crippen LogP contribution in [0.15, 0.2) is 24.2 Å². The van der Waals surface area contributed by atoms with Gasteiger partial charge in [-0.15, -0.1) is 0 Å². The third-order valence-corrected chi connectivity index (χ3v) is 1.01. The van der Waals surface area contributed by atoms with Crippen LogP contribution in [0.2, 0.25) is 5.02 Å². The molecule has 0 saturated heterocycles. The van der Waals surface area contributed by atoms with Gasteiger partial charge in [0.25, 0.3) is 0 Å². The first kappa shape index (κ1) is 2.40. The number of benzene rings is 1. The van der Waals surface area contributed by atoms with Gasteiger partial charge < -0.3 is 0 Å². The van der Waals surface area contributed by atoms with Crippen LogP contribution in [0.1, 0.15) is 11.0 Å². The molecule has 0 heterocycles. The van der Waals surface area contributed by atoms with Gasteiger partial charge in [-0.25, -0.2) is 0 Å². The van der Waals surface area contributed by atoms with Crippen LogP contribution in [-0.2, 0) is 0 Å². The zero-order valence-corrected chi connectivity index (χ0v) is 4.87. The molecule has 0 nitrogen and oxygen atoms in total. The Morgan fingerprint density at radius 3 is 3.12 bits per heavy atom. The van der Waals surface area contributed by atoms with E-state index in [1.165, 1.54) is 18.2 Å². The van der Waals surface area contributed by atoms with Crippen LogP contribution in [-0.4, -0.2) is 0 Å². The lowest BCUT2D eigenvalue weighted by Gasteiger charge is -1.88. The highest BCUT2D eigenvalue weighted by Gasteiger charge is 1.81. The van der Waals surface area contributed by atoms with E-state index < -0.39 is 6.85 Å². The lowest BCUT2D eigenvalue weighted by molar-refractivity contribution is 1.48. The van der Waals surface area contributed by atoms with Crippen molar-refractivity contribution in [3.8, 4) is 0 Å². The summed E-state index contributed by atoms with van der Waals surface area (Å²) in [4.78, 5) is 0. The molecule has 42 valence electrons. The fourth-order valence-corrected chi connectivity index (χ4v) is 0.523. The summed E-state index contributed by atoms with van der Waals surface area (Å²) in [6.45, 7) is -2.22. The maximum absolute atomic E-state index is 7.32. The summed E-state index contributed by atoms with van der Waals surface area (Å²) in [5.74, 6) is 0. The van der Waals surface area contributed by atoms with Crippen LogP contribution in [0.25, 0.3) is 0 Å². The van der Waals surface area contributed by atoms with Gasteiger partial charge in [0, 0.05) is 9.13 Å². The normalized spacial score (nSPS) is 18.1. The van der Waals surface area contributed by atoms with Crippen LogP contribution in [0, 0.1) is 6.85 Å². The van der Waals surface area contributed by atoms with E-state index in [0.717, 1.165) is 0 Å². The molecule has 0 spiro atoms. The lowest BCUT2D eigenvalue weighted by Crippen LogP contribution is -1.66. The zero-order chi connectivity index (χ0) is 9.35. The van der Waals surface area contributed by atoms with Crippen LogP contribution in [0.4, 0.5) is 0 Å². The van der Waals surface area contributed by atoms with Gasteiger partial charge in [-0.2, -0.15) is 0 Å². The summed E-state index contributed by atoms with van der Waals surface area (Å²) in [6, 6.07) is 4.12. The van der Waals surface area contributed by atoms with E-state index in [9.17, 15) is 0 Å². The van der Waals surface area contributed by atoms with Gasteiger partial charge in [0.1, 0.15) is 0 Å². The first-order valence-corrected chi connectivity index (χ1v) is 2.55. The van der Waals surface area contributed by atoms with Crippen LogP contribution in [0.3, 0.4) is 0 Å². The van der Waals surface area contributed by atoms with Crippen molar-refractivity contribution >= 4 is 11.6 Å². The van der Waals surface area contributed by atoms with Crippen LogP contribution in [0.5, 0.6) is 0 Å². The molecule has 0 atom stereocenters.